The van der Waals surface area contributed by atoms with E-state index in [2.05, 4.69) is 16.8 Å². The van der Waals surface area contributed by atoms with Crippen LogP contribution in [0, 0.1) is 0 Å². The highest BCUT2D eigenvalue weighted by atomic mass is 16.3. The molecule has 0 aliphatic carbocycles. The number of phenolic OH excluding ortho intramolecular Hbond substituents is 2. The van der Waals surface area contributed by atoms with Crippen molar-refractivity contribution in [2.24, 2.45) is 0 Å². The van der Waals surface area contributed by atoms with E-state index in [1.54, 1.807) is 30.3 Å². The molecule has 0 amide bonds. The van der Waals surface area contributed by atoms with Gasteiger partial charge in [0.15, 0.2) is 0 Å². The summed E-state index contributed by atoms with van der Waals surface area (Å²) in [5.41, 5.74) is 0.959. The minimum atomic E-state index is 0.322. The molecule has 0 saturated carbocycles. The van der Waals surface area contributed by atoms with Gasteiger partial charge in [-0.1, -0.05) is 30.3 Å². The Labute approximate surface area is 125 Å². The minimum Gasteiger partial charge on any atom is -0.508 e. The molecule has 2 aromatic rings. The molecule has 1 saturated heterocycles. The number of benzene rings is 2. The topological polar surface area (TPSA) is 46.9 Å². The maximum absolute atomic E-state index is 9.67. The third kappa shape index (κ3) is 4.68. The molecule has 0 spiro atoms. The molecular formula is C17H22N2O2. The maximum Gasteiger partial charge on any atom is 0.138 e. The predicted octanol–water partition coefficient (Wildman–Crippen LogP) is 2.54. The van der Waals surface area contributed by atoms with E-state index in [0.717, 1.165) is 31.9 Å². The lowest BCUT2D eigenvalue weighted by Crippen LogP contribution is -2.44. The van der Waals surface area contributed by atoms with Crippen LogP contribution in [-0.4, -0.2) is 48.3 Å². The van der Waals surface area contributed by atoms with Gasteiger partial charge in [-0.15, -0.1) is 0 Å². The van der Waals surface area contributed by atoms with Crippen LogP contribution in [0.5, 0.6) is 11.5 Å². The van der Waals surface area contributed by atoms with Crippen molar-refractivity contribution in [3.8, 4) is 11.5 Å². The molecule has 4 heteroatoms. The van der Waals surface area contributed by atoms with Crippen LogP contribution in [0.2, 0.25) is 0 Å². The number of phenols is 2. The molecule has 1 fully saturated rings. The lowest BCUT2D eigenvalue weighted by atomic mass is 10.2. The van der Waals surface area contributed by atoms with Crippen LogP contribution < -0.4 is 4.90 Å². The number of hydrogen-bond donors (Lipinski definition) is 2. The van der Waals surface area contributed by atoms with Crippen molar-refractivity contribution in [1.29, 1.82) is 0 Å². The van der Waals surface area contributed by atoms with Gasteiger partial charge in [0, 0.05) is 26.2 Å². The van der Waals surface area contributed by atoms with Gasteiger partial charge in [-0.05, 0) is 31.3 Å². The zero-order valence-electron chi connectivity index (χ0n) is 12.3. The third-order valence-electron chi connectivity index (χ3n) is 3.48. The summed E-state index contributed by atoms with van der Waals surface area (Å²) < 4.78 is 0. The van der Waals surface area contributed by atoms with Crippen molar-refractivity contribution in [3.05, 3.63) is 54.6 Å². The average Bonchev–Trinajstić information content (AvgIpc) is 2.50. The van der Waals surface area contributed by atoms with Gasteiger partial charge in [-0.2, -0.15) is 0 Å². The molecule has 2 aromatic carbocycles. The summed E-state index contributed by atoms with van der Waals surface area (Å²) in [7, 11) is 2.13. The first-order valence-electron chi connectivity index (χ1n) is 7.12. The number of nitrogens with zero attached hydrogens (tertiary/aromatic N) is 2. The summed E-state index contributed by atoms with van der Waals surface area (Å²) in [4.78, 5) is 4.53. The first-order chi connectivity index (χ1) is 10.2. The summed E-state index contributed by atoms with van der Waals surface area (Å²) in [5.74, 6) is 0.708. The summed E-state index contributed by atoms with van der Waals surface area (Å²) in [6.45, 7) is 4.12. The molecule has 21 heavy (non-hydrogen) atoms. The number of piperazine rings is 1. The molecule has 1 heterocycles. The second-order valence-electron chi connectivity index (χ2n) is 5.11. The summed E-state index contributed by atoms with van der Waals surface area (Å²) in [6.07, 6.45) is 0. The summed E-state index contributed by atoms with van der Waals surface area (Å²) in [6, 6.07) is 16.3. The van der Waals surface area contributed by atoms with Crippen LogP contribution in [0.1, 0.15) is 0 Å². The molecule has 0 atom stereocenters. The van der Waals surface area contributed by atoms with E-state index in [0.29, 0.717) is 11.5 Å². The van der Waals surface area contributed by atoms with Crippen molar-refractivity contribution in [3.63, 3.8) is 0 Å². The fraction of sp³-hybridized carbons (Fsp3) is 0.294. The van der Waals surface area contributed by atoms with Gasteiger partial charge < -0.3 is 20.0 Å². The van der Waals surface area contributed by atoms with E-state index >= 15 is 0 Å². The molecule has 2 N–H and O–H groups in total. The van der Waals surface area contributed by atoms with Gasteiger partial charge in [0.25, 0.3) is 0 Å². The molecule has 112 valence electrons. The second-order valence-corrected chi connectivity index (χ2v) is 5.11. The van der Waals surface area contributed by atoms with Gasteiger partial charge in [0.1, 0.15) is 11.5 Å². The Balaban J connectivity index is 0.000000194. The van der Waals surface area contributed by atoms with E-state index in [-0.39, 0.29) is 0 Å². The lowest BCUT2D eigenvalue weighted by molar-refractivity contribution is 0.311. The quantitative estimate of drug-likeness (QED) is 0.846. The van der Waals surface area contributed by atoms with Crippen molar-refractivity contribution >= 4 is 5.69 Å². The third-order valence-corrected chi connectivity index (χ3v) is 3.48. The highest BCUT2D eigenvalue weighted by molar-refractivity contribution is 5.57. The van der Waals surface area contributed by atoms with Crippen LogP contribution in [-0.2, 0) is 0 Å². The fourth-order valence-electron chi connectivity index (χ4n) is 2.21. The standard InChI is InChI=1S/C11H16N2O.C6H6O/c1-12-6-8-13(9-7-12)10-4-2-3-5-11(10)14;7-6-4-2-1-3-5-6/h2-5,14H,6-9H2,1H3;1-5,7H. The number of hydrogen-bond acceptors (Lipinski definition) is 4. The smallest absolute Gasteiger partial charge is 0.138 e. The number of rotatable bonds is 1. The van der Waals surface area contributed by atoms with E-state index in [1.807, 2.05) is 24.3 Å². The molecule has 1 aliphatic heterocycles. The van der Waals surface area contributed by atoms with Gasteiger partial charge >= 0.3 is 0 Å². The van der Waals surface area contributed by atoms with Crippen LogP contribution in [0.15, 0.2) is 54.6 Å². The Morgan fingerprint density at radius 3 is 1.86 bits per heavy atom. The molecule has 0 radical (unpaired) electrons. The molecule has 1 aliphatic rings. The Hall–Kier alpha value is -2.20. The minimum absolute atomic E-state index is 0.322. The van der Waals surface area contributed by atoms with E-state index in [1.165, 1.54) is 0 Å². The number of anilines is 1. The fourth-order valence-corrected chi connectivity index (χ4v) is 2.21. The lowest BCUT2D eigenvalue weighted by Gasteiger charge is -2.34. The highest BCUT2D eigenvalue weighted by Gasteiger charge is 2.15. The number of para-hydroxylation sites is 3. The number of aromatic hydroxyl groups is 2. The largest absolute Gasteiger partial charge is 0.508 e. The van der Waals surface area contributed by atoms with Gasteiger partial charge in [-0.3, -0.25) is 0 Å². The van der Waals surface area contributed by atoms with Crippen LogP contribution in [0.4, 0.5) is 5.69 Å². The van der Waals surface area contributed by atoms with Crippen LogP contribution in [0.25, 0.3) is 0 Å². The zero-order valence-corrected chi connectivity index (χ0v) is 12.3. The first-order valence-corrected chi connectivity index (χ1v) is 7.12. The number of likely N-dealkylation sites (N-methyl/N-ethyl adjacent to an activating group) is 1. The van der Waals surface area contributed by atoms with E-state index < -0.39 is 0 Å². The SMILES string of the molecule is CN1CCN(c2ccccc2O)CC1.Oc1ccccc1. The monoisotopic (exact) mass is 286 g/mol. The van der Waals surface area contributed by atoms with Crippen LogP contribution >= 0.6 is 0 Å². The molecule has 0 aromatic heterocycles. The molecule has 0 bridgehead atoms. The van der Waals surface area contributed by atoms with Crippen molar-refractivity contribution in [2.75, 3.05) is 38.1 Å². The van der Waals surface area contributed by atoms with Crippen LogP contribution in [0.3, 0.4) is 0 Å². The van der Waals surface area contributed by atoms with Gasteiger partial charge in [-0.25, -0.2) is 0 Å². The Kier molecular flexibility index (Phi) is 5.46. The Morgan fingerprint density at radius 2 is 1.33 bits per heavy atom. The second kappa shape index (κ2) is 7.55. The Bertz CT molecular complexity index is 537. The van der Waals surface area contributed by atoms with Crippen molar-refractivity contribution in [2.45, 2.75) is 0 Å². The summed E-state index contributed by atoms with van der Waals surface area (Å²) in [5, 5.41) is 18.3. The molecular weight excluding hydrogens is 264 g/mol. The van der Waals surface area contributed by atoms with Crippen molar-refractivity contribution in [1.82, 2.24) is 4.90 Å². The van der Waals surface area contributed by atoms with E-state index in [4.69, 9.17) is 5.11 Å². The summed E-state index contributed by atoms with van der Waals surface area (Å²) >= 11 is 0. The van der Waals surface area contributed by atoms with Gasteiger partial charge in [0.05, 0.1) is 5.69 Å². The maximum atomic E-state index is 9.67. The van der Waals surface area contributed by atoms with E-state index in [9.17, 15) is 5.11 Å². The predicted molar refractivity (Wildman–Crippen MR) is 85.9 cm³/mol. The van der Waals surface area contributed by atoms with Gasteiger partial charge in [0.2, 0.25) is 0 Å². The van der Waals surface area contributed by atoms with Crippen molar-refractivity contribution < 1.29 is 10.2 Å². The zero-order chi connectivity index (χ0) is 15.1. The molecule has 4 nitrogen and oxygen atoms in total. The molecule has 0 unspecified atom stereocenters. The highest BCUT2D eigenvalue weighted by Crippen LogP contribution is 2.26. The first kappa shape index (κ1) is 15.2. The Morgan fingerprint density at radius 1 is 0.762 bits per heavy atom. The molecule has 3 rings (SSSR count). The average molecular weight is 286 g/mol. The normalized spacial score (nSPS) is 15.2.